The van der Waals surface area contributed by atoms with E-state index >= 15 is 0 Å². The van der Waals surface area contributed by atoms with Crippen LogP contribution >= 0.6 is 0 Å². The van der Waals surface area contributed by atoms with Crippen molar-refractivity contribution in [3.05, 3.63) is 50.0 Å². The monoisotopic (exact) mass is 1220 g/mol. The second kappa shape index (κ2) is 30.3. The van der Waals surface area contributed by atoms with E-state index in [0.29, 0.717) is 47.4 Å². The molecule has 31 heteroatoms. The van der Waals surface area contributed by atoms with Crippen molar-refractivity contribution in [1.82, 2.24) is 57.7 Å². The number of aromatic nitrogens is 12. The third kappa shape index (κ3) is 16.2. The summed E-state index contributed by atoms with van der Waals surface area (Å²) < 4.78 is 39.7. The minimum Gasteiger partial charge on any atom is -0.458 e. The second-order valence-electron chi connectivity index (χ2n) is 20.8. The number of esters is 3. The number of imidazole rings is 3. The van der Waals surface area contributed by atoms with Gasteiger partial charge in [0.1, 0.15) is 28.8 Å². The van der Waals surface area contributed by atoms with Gasteiger partial charge in [0.2, 0.25) is 35.9 Å². The smallest absolute Gasteiger partial charge is 0.333 e. The highest BCUT2D eigenvalue weighted by atomic mass is 16.7. The maximum Gasteiger partial charge on any atom is 0.333 e. The number of ether oxygens (including phenoxy) is 6. The van der Waals surface area contributed by atoms with Gasteiger partial charge in [-0.25, -0.2) is 38.5 Å². The zero-order valence-corrected chi connectivity index (χ0v) is 50.4. The van der Waals surface area contributed by atoms with Gasteiger partial charge in [-0.2, -0.15) is 15.0 Å². The van der Waals surface area contributed by atoms with Crippen LogP contribution in [-0.4, -0.2) is 147 Å². The molecule has 0 bridgehead atoms. The fraction of sp³-hybridized carbons (Fsp3) is 0.544. The highest BCUT2D eigenvalue weighted by molar-refractivity contribution is 5.88. The Bertz CT molecular complexity index is 3800. The Kier molecular flexibility index (Phi) is 23.4. The van der Waals surface area contributed by atoms with Crippen molar-refractivity contribution in [2.45, 2.75) is 189 Å². The number of hydrogen-bond acceptors (Lipinski definition) is 23. The molecule has 9 rings (SSSR count). The van der Waals surface area contributed by atoms with Crippen molar-refractivity contribution in [3.8, 4) is 37.0 Å². The molecule has 2 unspecified atom stereocenters. The Morgan fingerprint density at radius 2 is 1.11 bits per heavy atom. The number of nitrogens with zero attached hydrogens (tertiary/aromatic N) is 11. The predicted molar refractivity (Wildman–Crippen MR) is 316 cm³/mol. The summed E-state index contributed by atoms with van der Waals surface area (Å²) in [5.41, 5.74) is 6.45. The number of aromatic amines is 1. The predicted octanol–water partition coefficient (Wildman–Crippen LogP) is 2.03. The second-order valence-corrected chi connectivity index (χ2v) is 20.8. The number of carbonyl (C=O) groups excluding carboxylic acids is 5. The van der Waals surface area contributed by atoms with Gasteiger partial charge in [0.15, 0.2) is 35.5 Å². The lowest BCUT2D eigenvalue weighted by molar-refractivity contribution is -0.196. The van der Waals surface area contributed by atoms with Crippen LogP contribution in [-0.2, 0) is 72.0 Å². The van der Waals surface area contributed by atoms with Crippen LogP contribution in [0.1, 0.15) is 120 Å². The molecule has 6 aromatic rings. The van der Waals surface area contributed by atoms with Gasteiger partial charge in [0.25, 0.3) is 0 Å². The molecule has 0 saturated carbocycles. The molecule has 0 spiro atoms. The fourth-order valence-corrected chi connectivity index (χ4v) is 9.84. The van der Waals surface area contributed by atoms with Crippen LogP contribution in [0.3, 0.4) is 0 Å². The van der Waals surface area contributed by atoms with E-state index < -0.39 is 72.6 Å². The Morgan fingerprint density at radius 1 is 0.648 bits per heavy atom. The molecule has 472 valence electrons. The van der Waals surface area contributed by atoms with Gasteiger partial charge in [-0.15, -0.1) is 19.3 Å². The van der Waals surface area contributed by atoms with Crippen LogP contribution in [0.15, 0.2) is 33.0 Å². The number of H-pyrrole nitrogens is 1. The van der Waals surface area contributed by atoms with Crippen molar-refractivity contribution in [3.63, 3.8) is 0 Å². The lowest BCUT2D eigenvalue weighted by Crippen LogP contribution is -2.33. The number of carbonyl (C=O) groups is 5. The molecule has 0 radical (unpaired) electrons. The minimum atomic E-state index is -0.973. The number of anilines is 3. The summed E-state index contributed by atoms with van der Waals surface area (Å²) in [6, 6.07) is 0. The maximum absolute atomic E-state index is 13.2. The topological polar surface area (TPSA) is 400 Å². The van der Waals surface area contributed by atoms with Crippen molar-refractivity contribution in [2.75, 3.05) is 16.4 Å². The summed E-state index contributed by atoms with van der Waals surface area (Å²) >= 11 is 0. The molecule has 0 aliphatic carbocycles. The number of aliphatic hydroxyl groups excluding tert-OH is 2. The van der Waals surface area contributed by atoms with Gasteiger partial charge in [0, 0.05) is 53.9 Å². The van der Waals surface area contributed by atoms with Crippen molar-refractivity contribution in [1.29, 1.82) is 0 Å². The van der Waals surface area contributed by atoms with Gasteiger partial charge in [-0.1, -0.05) is 65.2 Å². The number of amides is 2. The van der Waals surface area contributed by atoms with Crippen LogP contribution in [0.25, 0.3) is 33.5 Å². The van der Waals surface area contributed by atoms with Crippen LogP contribution < -0.4 is 33.4 Å². The molecule has 3 aliphatic heterocycles. The number of aliphatic hydroxyl groups is 2. The molecule has 3 saturated heterocycles. The summed E-state index contributed by atoms with van der Waals surface area (Å²) in [7, 11) is 0. The van der Waals surface area contributed by atoms with E-state index in [1.165, 1.54) is 76.0 Å². The molecule has 3 aliphatic rings. The first-order valence-electron chi connectivity index (χ1n) is 28.2. The molecule has 7 N–H and O–H groups in total. The molecule has 9 heterocycles. The normalized spacial score (nSPS) is 22.0. The molecule has 0 aromatic carbocycles. The van der Waals surface area contributed by atoms with E-state index in [1.807, 2.05) is 20.8 Å². The summed E-state index contributed by atoms with van der Waals surface area (Å²) in [6.45, 7) is 16.8. The molecule has 12 atom stereocenters. The van der Waals surface area contributed by atoms with Gasteiger partial charge in [-0.3, -0.25) is 53.3 Å². The summed E-state index contributed by atoms with van der Waals surface area (Å²) in [5, 5.41) is 25.2. The van der Waals surface area contributed by atoms with E-state index in [9.17, 15) is 48.6 Å². The van der Waals surface area contributed by atoms with Crippen LogP contribution in [0, 0.1) is 48.9 Å². The Morgan fingerprint density at radius 3 is 1.64 bits per heavy atom. The van der Waals surface area contributed by atoms with E-state index in [4.69, 9.17) is 53.4 Å². The lowest BCUT2D eigenvalue weighted by atomic mass is 9.99. The highest BCUT2D eigenvalue weighted by Crippen LogP contribution is 2.37. The quantitative estimate of drug-likeness (QED) is 0.0458. The SMILES string of the molecule is C#CCn1c(=O)[nH]c2nc(NC(C)=O)ncc21.C#CCn1c(=O)n([C@@H]2O[C@H]([C@@H](C)CC)C[C@H]2OC(C)=O)c2nc(NC(C)=O)ncc21.C#CCn1c(=O)n([C@@H]2O[C@H]([C@@H](O)CC)C[C@H]2O)c2nc(N)ncc21.CCC(C)[C@@H]1C[C@@H](OC(C)=O)C(OC(C)=O)O1. The zero-order chi connectivity index (χ0) is 64.8. The van der Waals surface area contributed by atoms with E-state index in [-0.39, 0.29) is 96.8 Å². The van der Waals surface area contributed by atoms with Crippen molar-refractivity contribution < 1.29 is 62.6 Å². The first-order chi connectivity index (χ1) is 41.8. The van der Waals surface area contributed by atoms with Crippen LogP contribution in [0.2, 0.25) is 0 Å². The fourth-order valence-electron chi connectivity index (χ4n) is 9.84. The van der Waals surface area contributed by atoms with E-state index in [0.717, 1.165) is 12.8 Å². The Hall–Kier alpha value is -9.32. The maximum atomic E-state index is 13.2. The Labute approximate surface area is 504 Å². The number of nitrogens with one attached hydrogen (secondary N) is 3. The van der Waals surface area contributed by atoms with Crippen molar-refractivity contribution >= 4 is 81.1 Å². The van der Waals surface area contributed by atoms with Gasteiger partial charge >= 0.3 is 35.0 Å². The largest absolute Gasteiger partial charge is 0.458 e. The first-order valence-corrected chi connectivity index (χ1v) is 28.2. The zero-order valence-electron chi connectivity index (χ0n) is 50.4. The lowest BCUT2D eigenvalue weighted by Gasteiger charge is -2.20. The molecule has 2 amide bonds. The molecule has 6 aromatic heterocycles. The van der Waals surface area contributed by atoms with Gasteiger partial charge in [-0.05, 0) is 18.3 Å². The minimum absolute atomic E-state index is 0.00488. The third-order valence-corrected chi connectivity index (χ3v) is 14.4. The number of fused-ring (bicyclic) bond motifs is 3. The van der Waals surface area contributed by atoms with Crippen molar-refractivity contribution in [2.24, 2.45) is 11.8 Å². The molecular formula is C57H73N15O16. The summed E-state index contributed by atoms with van der Waals surface area (Å²) in [4.78, 5) is 120. The van der Waals surface area contributed by atoms with E-state index in [2.05, 4.69) is 77.1 Å². The summed E-state index contributed by atoms with van der Waals surface area (Å²) in [6.07, 6.45) is 17.5. The highest BCUT2D eigenvalue weighted by Gasteiger charge is 2.44. The standard InChI is InChI=1S/C20H25N5O5.C15H19N5O4.C12H20O5.C10H9N5O2/c1-6-8-24-14-10-21-19(22-12(4)26)23-17(14)25(20(24)28)18-16(29-13(5)27)9-15(30-18)11(3)7-2;1-3-5-19-8-7-17-14(16)18-12(8)20(15(19)23)13-10(22)6-11(24-13)9(21)4-2;1-5-7(2)10-6-11(15-8(3)13)12(17-10)16-9(4)14;1-3-4-15-7-5-11-9(12-6(2)16)13-8(7)14-10(15)17/h1,10-11,15-16,18H,7-9H2,2-5H3,(H,21,22,23,26);1,7,9-11,13,21-22H,4-6H2,2H3,(H2,16,17,18);7,10-12H,5-6H2,1-4H3;1,5H,4H2,2H3,(H2,11,12,13,14,16,17)/t11-,15-,16+,18+;9-,10+,11-,13+;7?,10-,11+,12?;/m000./s1. The third-order valence-electron chi connectivity index (χ3n) is 14.4. The number of nitrogens with two attached hydrogens (primary N) is 1. The molecule has 88 heavy (non-hydrogen) atoms. The summed E-state index contributed by atoms with van der Waals surface area (Å²) in [5.74, 6) is 6.01. The molecule has 31 nitrogen and oxygen atoms in total. The molecular weight excluding hydrogens is 1150 g/mol. The number of nitrogen functional groups attached to an aromatic ring is 1. The number of hydrogen-bond donors (Lipinski definition) is 6. The average Bonchev–Trinajstić information content (AvgIpc) is 2.27. The Balaban J connectivity index is 0.000000193. The molecule has 3 fully saturated rings. The van der Waals surface area contributed by atoms with Gasteiger partial charge in [0.05, 0.1) is 62.6 Å². The number of terminal acetylenes is 3. The first kappa shape index (κ1) is 67.8. The average molecular weight is 1220 g/mol. The van der Waals surface area contributed by atoms with E-state index in [1.54, 1.807) is 0 Å². The number of rotatable bonds is 16. The van der Waals surface area contributed by atoms with Gasteiger partial charge < -0.3 is 44.4 Å². The van der Waals surface area contributed by atoms with Crippen LogP contribution in [0.4, 0.5) is 17.8 Å². The van der Waals surface area contributed by atoms with Crippen LogP contribution in [0.5, 0.6) is 0 Å².